The van der Waals surface area contributed by atoms with Gasteiger partial charge in [0.1, 0.15) is 23.4 Å². The van der Waals surface area contributed by atoms with E-state index in [9.17, 15) is 9.18 Å². The molecule has 0 saturated carbocycles. The Morgan fingerprint density at radius 1 is 1.16 bits per heavy atom. The Labute approximate surface area is 265 Å². The Bertz CT molecular complexity index is 1650. The molecule has 4 aromatic rings. The van der Waals surface area contributed by atoms with Gasteiger partial charge in [-0.3, -0.25) is 9.78 Å². The Morgan fingerprint density at radius 2 is 2.02 bits per heavy atom. The number of nitrogens with zero attached hydrogens (tertiary/aromatic N) is 1. The highest BCUT2D eigenvalue weighted by Crippen LogP contribution is 2.39. The molecule has 230 valence electrons. The summed E-state index contributed by atoms with van der Waals surface area (Å²) in [4.78, 5) is 16.8. The minimum Gasteiger partial charge on any atom is -0.493 e. The lowest BCUT2D eigenvalue weighted by atomic mass is 10.1. The number of hydrogen-bond donors (Lipinski definition) is 3. The van der Waals surface area contributed by atoms with Crippen LogP contribution in [0.15, 0.2) is 66.9 Å². The van der Waals surface area contributed by atoms with Gasteiger partial charge in [0, 0.05) is 29.9 Å². The maximum absolute atomic E-state index is 13.4. The van der Waals surface area contributed by atoms with Crippen LogP contribution in [0.3, 0.4) is 0 Å². The molecule has 0 spiro atoms. The van der Waals surface area contributed by atoms with Gasteiger partial charge in [0.2, 0.25) is 5.91 Å². The number of carbonyl (C=O) groups is 1. The molecule has 5 rings (SSSR count). The quantitative estimate of drug-likeness (QED) is 0.180. The van der Waals surface area contributed by atoms with Crippen molar-refractivity contribution < 1.29 is 28.1 Å². The summed E-state index contributed by atoms with van der Waals surface area (Å²) in [5.41, 5.74) is 1.75. The van der Waals surface area contributed by atoms with E-state index in [0.29, 0.717) is 63.4 Å². The zero-order chi connectivity index (χ0) is 31.1. The van der Waals surface area contributed by atoms with E-state index >= 15 is 0 Å². The first-order chi connectivity index (χ1) is 21.3. The normalized spacial score (nSPS) is 15.3. The average Bonchev–Trinajstić information content (AvgIpc) is 3.01. The number of hydrogen-bond acceptors (Lipinski definition) is 8. The van der Waals surface area contributed by atoms with E-state index in [1.807, 2.05) is 12.1 Å². The van der Waals surface area contributed by atoms with Crippen molar-refractivity contribution in [3.63, 3.8) is 0 Å². The van der Waals surface area contributed by atoms with E-state index < -0.39 is 5.82 Å². The first-order valence-electron chi connectivity index (χ1n) is 14.1. The first kappa shape index (κ1) is 31.4. The molecule has 2 atom stereocenters. The number of aromatic nitrogens is 1. The zero-order valence-electron chi connectivity index (χ0n) is 24.2. The zero-order valence-corrected chi connectivity index (χ0v) is 25.8. The summed E-state index contributed by atoms with van der Waals surface area (Å²) in [5, 5.41) is 10.1. The largest absolute Gasteiger partial charge is 0.493 e. The number of anilines is 1. The van der Waals surface area contributed by atoms with Gasteiger partial charge in [0.25, 0.3) is 0 Å². The molecule has 2 heterocycles. The molecule has 0 aliphatic carbocycles. The van der Waals surface area contributed by atoms with Gasteiger partial charge in [-0.05, 0) is 66.7 Å². The number of fused-ring (bicyclic) bond motifs is 1. The summed E-state index contributed by atoms with van der Waals surface area (Å²) < 4.78 is 37.3. The van der Waals surface area contributed by atoms with Gasteiger partial charge in [0.05, 0.1) is 43.3 Å². The van der Waals surface area contributed by atoms with Gasteiger partial charge in [-0.25, -0.2) is 4.39 Å². The highest BCUT2D eigenvalue weighted by molar-refractivity contribution is 7.80. The number of carbonyl (C=O) groups excluding carboxylic acids is 1. The molecule has 44 heavy (non-hydrogen) atoms. The fraction of sp³-hybridized carbons (Fsp3) is 0.281. The van der Waals surface area contributed by atoms with Crippen molar-refractivity contribution in [1.82, 2.24) is 15.6 Å². The highest BCUT2D eigenvalue weighted by atomic mass is 35.5. The van der Waals surface area contributed by atoms with Crippen molar-refractivity contribution >= 4 is 51.4 Å². The summed E-state index contributed by atoms with van der Waals surface area (Å²) in [6, 6.07) is 16.4. The number of halogens is 2. The fourth-order valence-electron chi connectivity index (χ4n) is 4.85. The van der Waals surface area contributed by atoms with E-state index in [-0.39, 0.29) is 29.6 Å². The Morgan fingerprint density at radius 3 is 2.75 bits per heavy atom. The van der Waals surface area contributed by atoms with Crippen molar-refractivity contribution in [1.29, 1.82) is 0 Å². The van der Waals surface area contributed by atoms with Crippen LogP contribution >= 0.6 is 23.8 Å². The van der Waals surface area contributed by atoms with Crippen LogP contribution in [0.25, 0.3) is 10.9 Å². The maximum Gasteiger partial charge on any atom is 0.230 e. The third-order valence-corrected chi connectivity index (χ3v) is 7.48. The molecule has 1 aliphatic rings. The number of morpholine rings is 1. The number of amides is 1. The summed E-state index contributed by atoms with van der Waals surface area (Å²) in [5.74, 6) is 1.27. The lowest BCUT2D eigenvalue weighted by Gasteiger charge is -2.31. The number of benzene rings is 3. The minimum absolute atomic E-state index is 0.0166. The maximum atomic E-state index is 13.4. The average molecular weight is 639 g/mol. The Kier molecular flexibility index (Phi) is 10.4. The molecular formula is C32H32ClFN4O5S. The molecule has 3 aromatic carbocycles. The number of pyridine rings is 1. The van der Waals surface area contributed by atoms with Crippen molar-refractivity contribution in [3.8, 4) is 23.0 Å². The molecule has 3 N–H and O–H groups in total. The monoisotopic (exact) mass is 638 g/mol. The van der Waals surface area contributed by atoms with Gasteiger partial charge < -0.3 is 34.9 Å². The van der Waals surface area contributed by atoms with Gasteiger partial charge in [0.15, 0.2) is 16.6 Å². The standard InChI is InChI=1S/C32H32ClFN4O5S/c1-3-26(25-18-41-12-11-36-25)42-30-17-24-22(16-29(30)40-2)27(9-10-35-24)43-28-8-7-21(15-23(28)33)37-32(44)38-31(39)14-19-5-4-6-20(34)13-19/h4-10,13,15-17,25-26,36H,3,11-12,14,18H2,1-2H3,(H2,37,38,39,44). The van der Waals surface area contributed by atoms with Crippen LogP contribution in [0.2, 0.25) is 5.02 Å². The van der Waals surface area contributed by atoms with Crippen molar-refractivity contribution in [2.24, 2.45) is 0 Å². The summed E-state index contributed by atoms with van der Waals surface area (Å²) >= 11 is 11.8. The third-order valence-electron chi connectivity index (χ3n) is 6.98. The van der Waals surface area contributed by atoms with Crippen molar-refractivity contribution in [2.75, 3.05) is 32.2 Å². The van der Waals surface area contributed by atoms with Crippen LogP contribution in [-0.4, -0.2) is 55.0 Å². The second-order valence-electron chi connectivity index (χ2n) is 10.1. The van der Waals surface area contributed by atoms with E-state index in [0.717, 1.165) is 13.0 Å². The second kappa shape index (κ2) is 14.6. The predicted molar refractivity (Wildman–Crippen MR) is 172 cm³/mol. The number of nitrogens with one attached hydrogen (secondary N) is 3. The van der Waals surface area contributed by atoms with Crippen LogP contribution in [0.1, 0.15) is 18.9 Å². The van der Waals surface area contributed by atoms with E-state index in [1.165, 1.54) is 12.1 Å². The Balaban J connectivity index is 1.27. The van der Waals surface area contributed by atoms with E-state index in [4.69, 9.17) is 42.8 Å². The van der Waals surface area contributed by atoms with Gasteiger partial charge in [-0.1, -0.05) is 30.7 Å². The van der Waals surface area contributed by atoms with Gasteiger partial charge in [-0.2, -0.15) is 0 Å². The second-order valence-corrected chi connectivity index (χ2v) is 10.9. The number of thiocarbonyl (C=S) groups is 1. The van der Waals surface area contributed by atoms with Crippen molar-refractivity contribution in [2.45, 2.75) is 31.9 Å². The summed E-state index contributed by atoms with van der Waals surface area (Å²) in [7, 11) is 1.59. The lowest BCUT2D eigenvalue weighted by Crippen LogP contribution is -2.50. The topological polar surface area (TPSA) is 103 Å². The molecule has 0 radical (unpaired) electrons. The Hall–Kier alpha value is -4.03. The smallest absolute Gasteiger partial charge is 0.230 e. The molecule has 9 nitrogen and oxygen atoms in total. The number of ether oxygens (including phenoxy) is 4. The first-order valence-corrected chi connectivity index (χ1v) is 14.9. The van der Waals surface area contributed by atoms with Crippen LogP contribution in [0.5, 0.6) is 23.0 Å². The van der Waals surface area contributed by atoms with Crippen LogP contribution < -0.4 is 30.2 Å². The van der Waals surface area contributed by atoms with E-state index in [1.54, 1.807) is 49.7 Å². The van der Waals surface area contributed by atoms with Gasteiger partial charge in [-0.15, -0.1) is 0 Å². The molecule has 1 amide bonds. The lowest BCUT2D eigenvalue weighted by molar-refractivity contribution is -0.119. The van der Waals surface area contributed by atoms with Crippen LogP contribution in [-0.2, 0) is 16.0 Å². The minimum atomic E-state index is -0.408. The number of rotatable bonds is 10. The summed E-state index contributed by atoms with van der Waals surface area (Å²) in [6.07, 6.45) is 2.31. The van der Waals surface area contributed by atoms with Gasteiger partial charge >= 0.3 is 0 Å². The van der Waals surface area contributed by atoms with Crippen LogP contribution in [0.4, 0.5) is 10.1 Å². The van der Waals surface area contributed by atoms with Crippen molar-refractivity contribution in [3.05, 3.63) is 83.3 Å². The fourth-order valence-corrected chi connectivity index (χ4v) is 5.30. The summed E-state index contributed by atoms with van der Waals surface area (Å²) in [6.45, 7) is 4.12. The molecular weight excluding hydrogens is 607 g/mol. The predicted octanol–water partition coefficient (Wildman–Crippen LogP) is 6.03. The molecule has 1 aromatic heterocycles. The third kappa shape index (κ3) is 7.92. The van der Waals surface area contributed by atoms with Crippen LogP contribution in [0, 0.1) is 5.82 Å². The van der Waals surface area contributed by atoms with E-state index in [2.05, 4.69) is 27.9 Å². The molecule has 12 heteroatoms. The molecule has 1 saturated heterocycles. The molecule has 1 fully saturated rings. The molecule has 1 aliphatic heterocycles. The number of methoxy groups -OCH3 is 1. The molecule has 0 bridgehead atoms. The SMILES string of the molecule is CCC(Oc1cc2nccc(Oc3ccc(NC(=S)NC(=O)Cc4cccc(F)c4)cc3Cl)c2cc1OC)C1COCCN1. The molecule has 2 unspecified atom stereocenters. The highest BCUT2D eigenvalue weighted by Gasteiger charge is 2.26.